The first kappa shape index (κ1) is 8.16. The van der Waals surface area contributed by atoms with E-state index in [4.69, 9.17) is 4.42 Å². The standard InChI is InChI=1S/C9H11N3O/c1-5(2)7-9-8(10-4-13-9)6(3)11-12-7/h4-5H,1-3H3. The van der Waals surface area contributed by atoms with E-state index in [0.717, 1.165) is 22.5 Å². The number of hydrogen-bond acceptors (Lipinski definition) is 4. The van der Waals surface area contributed by atoms with Crippen molar-refractivity contribution < 1.29 is 4.42 Å². The Hall–Kier alpha value is -1.45. The molecule has 0 aliphatic carbocycles. The molecule has 0 saturated heterocycles. The molecule has 0 aliphatic rings. The van der Waals surface area contributed by atoms with Crippen molar-refractivity contribution in [2.24, 2.45) is 0 Å². The zero-order valence-corrected chi connectivity index (χ0v) is 7.90. The predicted molar refractivity (Wildman–Crippen MR) is 48.4 cm³/mol. The van der Waals surface area contributed by atoms with Crippen LogP contribution in [0.4, 0.5) is 0 Å². The van der Waals surface area contributed by atoms with Crippen LogP contribution in [0.5, 0.6) is 0 Å². The molecule has 0 saturated carbocycles. The zero-order valence-electron chi connectivity index (χ0n) is 7.90. The van der Waals surface area contributed by atoms with Crippen LogP contribution < -0.4 is 0 Å². The molecular weight excluding hydrogens is 166 g/mol. The molecule has 0 N–H and O–H groups in total. The molecule has 68 valence electrons. The van der Waals surface area contributed by atoms with Gasteiger partial charge in [0.05, 0.1) is 5.69 Å². The van der Waals surface area contributed by atoms with E-state index in [-0.39, 0.29) is 0 Å². The first-order chi connectivity index (χ1) is 6.20. The van der Waals surface area contributed by atoms with Gasteiger partial charge in [0.25, 0.3) is 0 Å². The average molecular weight is 177 g/mol. The van der Waals surface area contributed by atoms with Gasteiger partial charge in [-0.3, -0.25) is 0 Å². The van der Waals surface area contributed by atoms with Crippen LogP contribution in [-0.4, -0.2) is 15.2 Å². The third-order valence-corrected chi connectivity index (χ3v) is 2.00. The fraction of sp³-hybridized carbons (Fsp3) is 0.444. The predicted octanol–water partition coefficient (Wildman–Crippen LogP) is 2.05. The van der Waals surface area contributed by atoms with Gasteiger partial charge in [0, 0.05) is 5.92 Å². The Bertz CT molecular complexity index is 433. The molecule has 0 radical (unpaired) electrons. The number of aromatic nitrogens is 3. The maximum Gasteiger partial charge on any atom is 0.182 e. The average Bonchev–Trinajstić information content (AvgIpc) is 2.53. The monoisotopic (exact) mass is 177 g/mol. The highest BCUT2D eigenvalue weighted by molar-refractivity contribution is 5.76. The molecule has 4 nitrogen and oxygen atoms in total. The van der Waals surface area contributed by atoms with Crippen molar-refractivity contribution in [1.82, 2.24) is 15.2 Å². The van der Waals surface area contributed by atoms with E-state index in [1.807, 2.05) is 6.92 Å². The normalized spacial score (nSPS) is 11.4. The number of oxazole rings is 1. The summed E-state index contributed by atoms with van der Waals surface area (Å²) in [6, 6.07) is 0. The van der Waals surface area contributed by atoms with Crippen LogP contribution in [0.1, 0.15) is 31.2 Å². The number of aryl methyl sites for hydroxylation is 1. The third-order valence-electron chi connectivity index (χ3n) is 2.00. The summed E-state index contributed by atoms with van der Waals surface area (Å²) in [6.45, 7) is 5.99. The summed E-state index contributed by atoms with van der Waals surface area (Å²) in [5, 5.41) is 8.12. The molecule has 4 heteroatoms. The maximum absolute atomic E-state index is 5.28. The smallest absolute Gasteiger partial charge is 0.182 e. The van der Waals surface area contributed by atoms with Crippen molar-refractivity contribution in [3.8, 4) is 0 Å². The Balaban J connectivity index is 2.78. The van der Waals surface area contributed by atoms with Crippen molar-refractivity contribution in [3.05, 3.63) is 17.8 Å². The Morgan fingerprint density at radius 3 is 2.77 bits per heavy atom. The van der Waals surface area contributed by atoms with Gasteiger partial charge in [-0.1, -0.05) is 13.8 Å². The van der Waals surface area contributed by atoms with E-state index in [0.29, 0.717) is 5.92 Å². The topological polar surface area (TPSA) is 51.8 Å². The maximum atomic E-state index is 5.28. The van der Waals surface area contributed by atoms with E-state index < -0.39 is 0 Å². The molecule has 0 amide bonds. The quantitative estimate of drug-likeness (QED) is 0.668. The number of fused-ring (bicyclic) bond motifs is 1. The highest BCUT2D eigenvalue weighted by Gasteiger charge is 2.13. The summed E-state index contributed by atoms with van der Waals surface area (Å²) in [4.78, 5) is 4.09. The highest BCUT2D eigenvalue weighted by atomic mass is 16.3. The molecular formula is C9H11N3O. The van der Waals surface area contributed by atoms with Crippen molar-refractivity contribution in [1.29, 1.82) is 0 Å². The molecule has 0 bridgehead atoms. The summed E-state index contributed by atoms with van der Waals surface area (Å²) < 4.78 is 5.28. The molecule has 0 aliphatic heterocycles. The van der Waals surface area contributed by atoms with Gasteiger partial charge < -0.3 is 4.42 Å². The SMILES string of the molecule is Cc1nnc(C(C)C)c2ocnc12. The summed E-state index contributed by atoms with van der Waals surface area (Å²) in [6.07, 6.45) is 1.44. The van der Waals surface area contributed by atoms with Crippen LogP contribution in [0.3, 0.4) is 0 Å². The Morgan fingerprint density at radius 2 is 2.08 bits per heavy atom. The summed E-state index contributed by atoms with van der Waals surface area (Å²) in [5.41, 5.74) is 3.27. The van der Waals surface area contributed by atoms with Crippen molar-refractivity contribution >= 4 is 11.1 Å². The lowest BCUT2D eigenvalue weighted by atomic mass is 10.1. The van der Waals surface area contributed by atoms with Crippen LogP contribution in [0.25, 0.3) is 11.1 Å². The second-order valence-electron chi connectivity index (χ2n) is 3.36. The minimum atomic E-state index is 0.309. The van der Waals surface area contributed by atoms with Gasteiger partial charge in [-0.05, 0) is 6.92 Å². The van der Waals surface area contributed by atoms with Gasteiger partial charge >= 0.3 is 0 Å². The molecule has 0 aromatic carbocycles. The second-order valence-corrected chi connectivity index (χ2v) is 3.36. The fourth-order valence-corrected chi connectivity index (χ4v) is 1.28. The number of hydrogen-bond donors (Lipinski definition) is 0. The van der Waals surface area contributed by atoms with Gasteiger partial charge in [0.1, 0.15) is 11.2 Å². The van der Waals surface area contributed by atoms with E-state index in [2.05, 4.69) is 29.0 Å². The summed E-state index contributed by atoms with van der Waals surface area (Å²) in [7, 11) is 0. The van der Waals surface area contributed by atoms with Gasteiger partial charge in [-0.25, -0.2) is 4.98 Å². The van der Waals surface area contributed by atoms with Crippen molar-refractivity contribution in [2.45, 2.75) is 26.7 Å². The lowest BCUT2D eigenvalue weighted by Crippen LogP contribution is -1.98. The van der Waals surface area contributed by atoms with E-state index in [1.54, 1.807) is 0 Å². The summed E-state index contributed by atoms with van der Waals surface area (Å²) >= 11 is 0. The lowest BCUT2D eigenvalue weighted by Gasteiger charge is -2.03. The Morgan fingerprint density at radius 1 is 1.31 bits per heavy atom. The third kappa shape index (κ3) is 1.18. The van der Waals surface area contributed by atoms with E-state index in [1.165, 1.54) is 6.39 Å². The molecule has 2 aromatic rings. The highest BCUT2D eigenvalue weighted by Crippen LogP contribution is 2.22. The van der Waals surface area contributed by atoms with Crippen LogP contribution in [0.15, 0.2) is 10.8 Å². The van der Waals surface area contributed by atoms with Crippen molar-refractivity contribution in [3.63, 3.8) is 0 Å². The van der Waals surface area contributed by atoms with E-state index >= 15 is 0 Å². The van der Waals surface area contributed by atoms with Crippen molar-refractivity contribution in [2.75, 3.05) is 0 Å². The molecule has 0 atom stereocenters. The first-order valence-electron chi connectivity index (χ1n) is 4.26. The molecule has 0 fully saturated rings. The molecule has 2 rings (SSSR count). The Labute approximate surface area is 76.0 Å². The van der Waals surface area contributed by atoms with Gasteiger partial charge in [0.2, 0.25) is 0 Å². The number of rotatable bonds is 1. The molecule has 0 spiro atoms. The molecule has 2 aromatic heterocycles. The molecule has 0 unspecified atom stereocenters. The molecule has 13 heavy (non-hydrogen) atoms. The van der Waals surface area contributed by atoms with Crippen LogP contribution in [0.2, 0.25) is 0 Å². The van der Waals surface area contributed by atoms with Gasteiger partial charge in [-0.2, -0.15) is 10.2 Å². The van der Waals surface area contributed by atoms with Crippen LogP contribution in [-0.2, 0) is 0 Å². The minimum Gasteiger partial charge on any atom is -0.441 e. The second kappa shape index (κ2) is 2.80. The lowest BCUT2D eigenvalue weighted by molar-refractivity contribution is 0.588. The molecule has 2 heterocycles. The van der Waals surface area contributed by atoms with Crippen LogP contribution >= 0.6 is 0 Å². The van der Waals surface area contributed by atoms with Gasteiger partial charge in [-0.15, -0.1) is 0 Å². The van der Waals surface area contributed by atoms with E-state index in [9.17, 15) is 0 Å². The number of nitrogens with zero attached hydrogens (tertiary/aromatic N) is 3. The first-order valence-corrected chi connectivity index (χ1v) is 4.26. The fourth-order valence-electron chi connectivity index (χ4n) is 1.28. The largest absolute Gasteiger partial charge is 0.441 e. The zero-order chi connectivity index (χ0) is 9.42. The van der Waals surface area contributed by atoms with Crippen LogP contribution in [0, 0.1) is 6.92 Å². The van der Waals surface area contributed by atoms with Gasteiger partial charge in [0.15, 0.2) is 12.0 Å². The minimum absolute atomic E-state index is 0.309. The summed E-state index contributed by atoms with van der Waals surface area (Å²) in [5.74, 6) is 0.309. The Kier molecular flexibility index (Phi) is 1.76.